The molecule has 4 aliphatic rings. The molecule has 3 saturated heterocycles. The van der Waals surface area contributed by atoms with Gasteiger partial charge in [0.1, 0.15) is 5.03 Å². The molecule has 3 fully saturated rings. The second-order valence-corrected chi connectivity index (χ2v) is 16.1. The molecule has 4 aliphatic heterocycles. The SMILES string of the molecule is CC1c2sc(C(=O)N3C(CN4C(=O)CCC4=O)CN(S(=O)(=O)c4cc5cc(Cl)ccc5[nH]4)CC3CN3C(=O)CCC3=O)nc2CCN1C. The molecule has 5 amide bonds. The van der Waals surface area contributed by atoms with Gasteiger partial charge in [-0.05, 0) is 38.2 Å². The lowest BCUT2D eigenvalue weighted by molar-refractivity contribution is -0.139. The van der Waals surface area contributed by atoms with E-state index in [0.717, 1.165) is 26.9 Å². The first kappa shape index (κ1) is 32.8. The van der Waals surface area contributed by atoms with E-state index in [4.69, 9.17) is 16.6 Å². The minimum Gasteiger partial charge on any atom is -0.345 e. The normalized spacial score (nSPS) is 24.4. The van der Waals surface area contributed by atoms with Gasteiger partial charge in [0.05, 0.1) is 30.9 Å². The lowest BCUT2D eigenvalue weighted by Crippen LogP contribution is -2.66. The molecule has 14 nitrogen and oxygen atoms in total. The third kappa shape index (κ3) is 5.72. The molecule has 0 radical (unpaired) electrons. The Balaban J connectivity index is 1.30. The van der Waals surface area contributed by atoms with Crippen molar-refractivity contribution in [1.29, 1.82) is 0 Å². The third-order valence-corrected chi connectivity index (χ3v) is 13.0. The Morgan fingerprint density at radius 3 is 2.10 bits per heavy atom. The number of thiazole rings is 1. The number of imide groups is 2. The highest BCUT2D eigenvalue weighted by Crippen LogP contribution is 2.35. The number of benzene rings is 1. The molecule has 0 bridgehead atoms. The summed E-state index contributed by atoms with van der Waals surface area (Å²) in [5, 5.41) is 1.10. The lowest BCUT2D eigenvalue weighted by atomic mass is 10.1. The molecule has 0 aliphatic carbocycles. The Labute approximate surface area is 285 Å². The fraction of sp³-hybridized carbons (Fsp3) is 0.484. The topological polar surface area (TPSA) is 164 Å². The number of sulfonamides is 1. The van der Waals surface area contributed by atoms with Gasteiger partial charge in [0.15, 0.2) is 5.01 Å². The summed E-state index contributed by atoms with van der Waals surface area (Å²) in [4.78, 5) is 80.2. The van der Waals surface area contributed by atoms with Crippen molar-refractivity contribution in [3.63, 3.8) is 0 Å². The molecule has 2 aromatic heterocycles. The quantitative estimate of drug-likeness (QED) is 0.361. The number of likely N-dealkylation sites (tertiary alicyclic amines) is 2. The number of carbonyl (C=O) groups is 5. The Bertz CT molecular complexity index is 1900. The molecule has 1 aromatic carbocycles. The summed E-state index contributed by atoms with van der Waals surface area (Å²) in [6.07, 6.45) is 0.726. The number of hydrogen-bond donors (Lipinski definition) is 1. The summed E-state index contributed by atoms with van der Waals surface area (Å²) in [6, 6.07) is 4.45. The van der Waals surface area contributed by atoms with E-state index in [-0.39, 0.29) is 67.9 Å². The van der Waals surface area contributed by atoms with Crippen molar-refractivity contribution in [2.45, 2.75) is 62.2 Å². The van der Waals surface area contributed by atoms with E-state index in [0.29, 0.717) is 22.3 Å². The second-order valence-electron chi connectivity index (χ2n) is 12.7. The number of fused-ring (bicyclic) bond motifs is 2. The Morgan fingerprint density at radius 2 is 1.52 bits per heavy atom. The standard InChI is InChI=1S/C31H34ClN7O7S2/c1-17-29-23(9-10-35(17)2)34-30(47-29)31(44)39-20(15-37-25(40)5-6-26(37)41)13-36(14-21(39)16-38-27(42)7-8-28(38)43)48(45,46)24-12-18-11-19(32)3-4-22(18)33-24/h3-4,11-12,17,20-21,33H,5-10,13-16H2,1-2H3. The molecule has 3 atom stereocenters. The summed E-state index contributed by atoms with van der Waals surface area (Å²) < 4.78 is 29.7. The minimum absolute atomic E-state index is 0.0178. The van der Waals surface area contributed by atoms with E-state index in [2.05, 4.69) is 9.88 Å². The van der Waals surface area contributed by atoms with Gasteiger partial charge in [-0.25, -0.2) is 13.4 Å². The molecule has 254 valence electrons. The minimum atomic E-state index is -4.25. The molecule has 17 heteroatoms. The zero-order valence-corrected chi connectivity index (χ0v) is 28.7. The molecular weight excluding hydrogens is 682 g/mol. The van der Waals surface area contributed by atoms with Crippen molar-refractivity contribution in [2.24, 2.45) is 0 Å². The van der Waals surface area contributed by atoms with Crippen LogP contribution in [0.15, 0.2) is 29.3 Å². The van der Waals surface area contributed by atoms with Crippen LogP contribution in [0.25, 0.3) is 10.9 Å². The highest BCUT2D eigenvalue weighted by Gasteiger charge is 2.47. The van der Waals surface area contributed by atoms with E-state index in [1.807, 2.05) is 14.0 Å². The molecule has 1 N–H and O–H groups in total. The van der Waals surface area contributed by atoms with Crippen molar-refractivity contribution in [2.75, 3.05) is 39.8 Å². The number of rotatable bonds is 7. The average molecular weight is 716 g/mol. The van der Waals surface area contributed by atoms with Crippen LogP contribution in [0.2, 0.25) is 5.02 Å². The van der Waals surface area contributed by atoms with Crippen molar-refractivity contribution in [1.82, 2.24) is 33.9 Å². The van der Waals surface area contributed by atoms with Crippen LogP contribution >= 0.6 is 22.9 Å². The Kier molecular flexibility index (Phi) is 8.43. The summed E-state index contributed by atoms with van der Waals surface area (Å²) >= 11 is 7.41. The maximum Gasteiger partial charge on any atom is 0.283 e. The van der Waals surface area contributed by atoms with E-state index >= 15 is 0 Å². The number of halogens is 1. The van der Waals surface area contributed by atoms with Gasteiger partial charge in [-0.2, -0.15) is 4.31 Å². The van der Waals surface area contributed by atoms with Gasteiger partial charge in [-0.15, -0.1) is 11.3 Å². The van der Waals surface area contributed by atoms with Crippen molar-refractivity contribution in [3.05, 3.63) is 44.9 Å². The van der Waals surface area contributed by atoms with Crippen LogP contribution in [-0.4, -0.2) is 124 Å². The number of H-pyrrole nitrogens is 1. The van der Waals surface area contributed by atoms with Crippen LogP contribution < -0.4 is 0 Å². The molecule has 3 unspecified atom stereocenters. The van der Waals surface area contributed by atoms with Gasteiger partial charge < -0.3 is 9.88 Å². The highest BCUT2D eigenvalue weighted by molar-refractivity contribution is 7.89. The summed E-state index contributed by atoms with van der Waals surface area (Å²) in [7, 11) is -2.26. The summed E-state index contributed by atoms with van der Waals surface area (Å²) in [6.45, 7) is 1.81. The lowest BCUT2D eigenvalue weighted by Gasteiger charge is -2.47. The molecule has 6 heterocycles. The van der Waals surface area contributed by atoms with Gasteiger partial charge in [-0.3, -0.25) is 38.7 Å². The van der Waals surface area contributed by atoms with Gasteiger partial charge in [0.25, 0.3) is 15.9 Å². The predicted octanol–water partition coefficient (Wildman–Crippen LogP) is 2.01. The maximum atomic E-state index is 14.6. The van der Waals surface area contributed by atoms with E-state index < -0.39 is 51.6 Å². The van der Waals surface area contributed by atoms with E-state index in [9.17, 15) is 32.4 Å². The van der Waals surface area contributed by atoms with Crippen molar-refractivity contribution < 1.29 is 32.4 Å². The van der Waals surface area contributed by atoms with Crippen LogP contribution in [0, 0.1) is 0 Å². The fourth-order valence-corrected chi connectivity index (χ4v) is 9.90. The van der Waals surface area contributed by atoms with Gasteiger partial charge in [0.2, 0.25) is 23.6 Å². The number of amides is 5. The monoisotopic (exact) mass is 715 g/mol. The van der Waals surface area contributed by atoms with E-state index in [1.54, 1.807) is 18.2 Å². The van der Waals surface area contributed by atoms with E-state index in [1.165, 1.54) is 26.6 Å². The first-order valence-corrected chi connectivity index (χ1v) is 18.4. The highest BCUT2D eigenvalue weighted by atomic mass is 35.5. The molecule has 0 spiro atoms. The average Bonchev–Trinajstić information content (AvgIpc) is 3.83. The number of piperazine rings is 1. The third-order valence-electron chi connectivity index (χ3n) is 9.77. The number of carbonyl (C=O) groups excluding carboxylic acids is 5. The molecule has 48 heavy (non-hydrogen) atoms. The summed E-state index contributed by atoms with van der Waals surface area (Å²) in [5.41, 5.74) is 1.37. The number of nitrogens with zero attached hydrogens (tertiary/aromatic N) is 6. The summed E-state index contributed by atoms with van der Waals surface area (Å²) in [5.74, 6) is -2.16. The molecule has 0 saturated carbocycles. The van der Waals surface area contributed by atoms with Crippen LogP contribution in [0.4, 0.5) is 0 Å². The van der Waals surface area contributed by atoms with Gasteiger partial charge >= 0.3 is 0 Å². The number of aromatic nitrogens is 2. The van der Waals surface area contributed by atoms with Crippen LogP contribution in [0.5, 0.6) is 0 Å². The van der Waals surface area contributed by atoms with Crippen molar-refractivity contribution in [3.8, 4) is 0 Å². The number of aromatic amines is 1. The number of likely N-dealkylation sites (N-methyl/N-ethyl adjacent to an activating group) is 1. The smallest absolute Gasteiger partial charge is 0.283 e. The van der Waals surface area contributed by atoms with Gasteiger partial charge in [-0.1, -0.05) is 11.6 Å². The molecule has 7 rings (SSSR count). The first-order chi connectivity index (χ1) is 22.8. The van der Waals surface area contributed by atoms with Gasteiger partial charge in [0, 0.05) is 78.6 Å². The number of nitrogens with one attached hydrogen (secondary N) is 1. The Hall–Kier alpha value is -3.70. The van der Waals surface area contributed by atoms with Crippen LogP contribution in [0.3, 0.4) is 0 Å². The molecule has 3 aromatic rings. The zero-order chi connectivity index (χ0) is 34.1. The predicted molar refractivity (Wildman–Crippen MR) is 175 cm³/mol. The zero-order valence-electron chi connectivity index (χ0n) is 26.3. The largest absolute Gasteiger partial charge is 0.345 e. The first-order valence-electron chi connectivity index (χ1n) is 15.8. The Morgan fingerprint density at radius 1 is 0.938 bits per heavy atom. The number of hydrogen-bond acceptors (Lipinski definition) is 10. The fourth-order valence-electron chi connectivity index (χ4n) is 7.01. The van der Waals surface area contributed by atoms with Crippen LogP contribution in [-0.2, 0) is 35.6 Å². The van der Waals surface area contributed by atoms with Crippen LogP contribution in [0.1, 0.15) is 59.0 Å². The second kappa shape index (κ2) is 12.3. The van der Waals surface area contributed by atoms with Crippen molar-refractivity contribution >= 4 is 73.4 Å². The maximum absolute atomic E-state index is 14.6. The molecular formula is C31H34ClN7O7S2.